The highest BCUT2D eigenvalue weighted by molar-refractivity contribution is 14.0. The molecular formula is C18H20F3IN4O2. The quantitative estimate of drug-likeness (QED) is 0.241. The summed E-state index contributed by atoms with van der Waals surface area (Å²) in [7, 11) is 1.53. The van der Waals surface area contributed by atoms with Crippen molar-refractivity contribution in [1.29, 1.82) is 0 Å². The standard InChI is InChI=1S/C18H19F3N4O2.HI/c1-27-15-5-3-2-4-14(15)25-17(22)24-11-10-23-16(26)12-6-8-13(9-7-12)18(19,20)21;/h2-9H,10-11H2,1H3,(H,23,26)(H3,22,24,25);1H. The topological polar surface area (TPSA) is 88.7 Å². The molecule has 6 nitrogen and oxygen atoms in total. The maximum absolute atomic E-state index is 12.5. The summed E-state index contributed by atoms with van der Waals surface area (Å²) in [4.78, 5) is 16.0. The lowest BCUT2D eigenvalue weighted by Crippen LogP contribution is -2.28. The fourth-order valence-corrected chi connectivity index (χ4v) is 2.18. The third kappa shape index (κ3) is 6.91. The van der Waals surface area contributed by atoms with Crippen LogP contribution in [0.5, 0.6) is 5.75 Å². The van der Waals surface area contributed by atoms with Crippen LogP contribution in [0.1, 0.15) is 15.9 Å². The summed E-state index contributed by atoms with van der Waals surface area (Å²) in [6.07, 6.45) is -4.43. The van der Waals surface area contributed by atoms with Crippen LogP contribution in [0.25, 0.3) is 0 Å². The fourth-order valence-electron chi connectivity index (χ4n) is 2.18. The van der Waals surface area contributed by atoms with Gasteiger partial charge in [0, 0.05) is 12.1 Å². The van der Waals surface area contributed by atoms with Crippen molar-refractivity contribution in [3.05, 3.63) is 59.7 Å². The van der Waals surface area contributed by atoms with Gasteiger partial charge in [-0.2, -0.15) is 13.2 Å². The molecule has 2 aromatic rings. The van der Waals surface area contributed by atoms with E-state index in [1.54, 1.807) is 12.1 Å². The van der Waals surface area contributed by atoms with Crippen LogP contribution in [0.3, 0.4) is 0 Å². The largest absolute Gasteiger partial charge is 0.495 e. The van der Waals surface area contributed by atoms with Crippen molar-refractivity contribution in [1.82, 2.24) is 5.32 Å². The SMILES string of the molecule is COc1ccccc1NC(N)=NCCNC(=O)c1ccc(C(F)(F)F)cc1.I. The molecule has 0 aliphatic heterocycles. The number of carbonyl (C=O) groups is 1. The van der Waals surface area contributed by atoms with Gasteiger partial charge in [-0.1, -0.05) is 12.1 Å². The summed E-state index contributed by atoms with van der Waals surface area (Å²) < 4.78 is 42.7. The molecule has 0 radical (unpaired) electrons. The maximum atomic E-state index is 12.5. The number of benzene rings is 2. The number of ether oxygens (including phenoxy) is 1. The molecule has 0 unspecified atom stereocenters. The monoisotopic (exact) mass is 508 g/mol. The summed E-state index contributed by atoms with van der Waals surface area (Å²) >= 11 is 0. The minimum Gasteiger partial charge on any atom is -0.495 e. The lowest BCUT2D eigenvalue weighted by molar-refractivity contribution is -0.137. The molecule has 28 heavy (non-hydrogen) atoms. The number of hydrogen-bond donors (Lipinski definition) is 3. The average Bonchev–Trinajstić information content (AvgIpc) is 2.65. The Bertz CT molecular complexity index is 811. The first-order valence-electron chi connectivity index (χ1n) is 7.96. The Kier molecular flexibility index (Phi) is 9.03. The third-order valence-corrected chi connectivity index (χ3v) is 3.52. The van der Waals surface area contributed by atoms with Crippen molar-refractivity contribution >= 4 is 41.5 Å². The Morgan fingerprint density at radius 2 is 1.79 bits per heavy atom. The molecule has 0 aliphatic carbocycles. The number of hydrogen-bond acceptors (Lipinski definition) is 3. The van der Waals surface area contributed by atoms with Crippen molar-refractivity contribution in [3.8, 4) is 5.75 Å². The summed E-state index contributed by atoms with van der Waals surface area (Å²) in [6, 6.07) is 11.1. The molecule has 152 valence electrons. The Hall–Kier alpha value is -2.50. The molecule has 0 fully saturated rings. The van der Waals surface area contributed by atoms with Crippen molar-refractivity contribution < 1.29 is 22.7 Å². The molecule has 0 saturated heterocycles. The van der Waals surface area contributed by atoms with E-state index in [1.165, 1.54) is 7.11 Å². The molecule has 0 bridgehead atoms. The van der Waals surface area contributed by atoms with Crippen molar-refractivity contribution in [3.63, 3.8) is 0 Å². The maximum Gasteiger partial charge on any atom is 0.416 e. The molecule has 2 aromatic carbocycles. The van der Waals surface area contributed by atoms with Gasteiger partial charge in [0.05, 0.1) is 24.9 Å². The molecule has 0 atom stereocenters. The molecule has 4 N–H and O–H groups in total. The van der Waals surface area contributed by atoms with Gasteiger partial charge in [0.25, 0.3) is 5.91 Å². The van der Waals surface area contributed by atoms with Gasteiger partial charge < -0.3 is 21.1 Å². The number of rotatable bonds is 6. The lowest BCUT2D eigenvalue weighted by Gasteiger charge is -2.10. The van der Waals surface area contributed by atoms with E-state index in [9.17, 15) is 18.0 Å². The number of aliphatic imine (C=N–C) groups is 1. The Labute approximate surface area is 177 Å². The zero-order chi connectivity index (χ0) is 19.9. The number of methoxy groups -OCH3 is 1. The molecule has 0 saturated carbocycles. The number of alkyl halides is 3. The van der Waals surface area contributed by atoms with E-state index in [2.05, 4.69) is 15.6 Å². The van der Waals surface area contributed by atoms with Gasteiger partial charge in [-0.05, 0) is 36.4 Å². The van der Waals surface area contributed by atoms with E-state index in [4.69, 9.17) is 10.5 Å². The molecular weight excluding hydrogens is 488 g/mol. The number of nitrogens with zero attached hydrogens (tertiary/aromatic N) is 1. The van der Waals surface area contributed by atoms with E-state index in [0.717, 1.165) is 24.3 Å². The third-order valence-electron chi connectivity index (χ3n) is 3.52. The second kappa shape index (κ2) is 10.7. The van der Waals surface area contributed by atoms with Gasteiger partial charge in [0.1, 0.15) is 5.75 Å². The van der Waals surface area contributed by atoms with Crippen LogP contribution in [-0.2, 0) is 6.18 Å². The Balaban J connectivity index is 0.00000392. The molecule has 2 rings (SSSR count). The van der Waals surface area contributed by atoms with Gasteiger partial charge in [-0.15, -0.1) is 24.0 Å². The Morgan fingerprint density at radius 3 is 2.39 bits per heavy atom. The number of nitrogens with one attached hydrogen (secondary N) is 2. The number of para-hydroxylation sites is 2. The number of guanidine groups is 1. The number of anilines is 1. The predicted molar refractivity (Wildman–Crippen MR) is 112 cm³/mol. The highest BCUT2D eigenvalue weighted by Gasteiger charge is 2.30. The average molecular weight is 508 g/mol. The van der Waals surface area contributed by atoms with Gasteiger partial charge in [-0.25, -0.2) is 0 Å². The minimum absolute atomic E-state index is 0. The van der Waals surface area contributed by atoms with Crippen molar-refractivity contribution in [2.24, 2.45) is 10.7 Å². The summed E-state index contributed by atoms with van der Waals surface area (Å²) in [5.74, 6) is 0.254. The number of amides is 1. The highest BCUT2D eigenvalue weighted by atomic mass is 127. The molecule has 10 heteroatoms. The van der Waals surface area contributed by atoms with Gasteiger partial charge >= 0.3 is 6.18 Å². The first-order chi connectivity index (χ1) is 12.8. The molecule has 1 amide bonds. The van der Waals surface area contributed by atoms with Crippen LogP contribution in [0.15, 0.2) is 53.5 Å². The molecule has 0 aliphatic rings. The van der Waals surface area contributed by atoms with Crippen LogP contribution >= 0.6 is 24.0 Å². The fraction of sp³-hybridized carbons (Fsp3) is 0.222. The van der Waals surface area contributed by atoms with Crippen molar-refractivity contribution in [2.75, 3.05) is 25.5 Å². The van der Waals surface area contributed by atoms with E-state index >= 15 is 0 Å². The summed E-state index contributed by atoms with van der Waals surface area (Å²) in [5, 5.41) is 5.45. The van der Waals surface area contributed by atoms with Crippen LogP contribution in [0.4, 0.5) is 18.9 Å². The zero-order valence-electron chi connectivity index (χ0n) is 14.9. The van der Waals surface area contributed by atoms with E-state index < -0.39 is 17.6 Å². The normalized spacial score (nSPS) is 11.4. The first-order valence-corrected chi connectivity index (χ1v) is 7.96. The van der Waals surface area contributed by atoms with E-state index in [-0.39, 0.29) is 48.6 Å². The molecule has 0 spiro atoms. The highest BCUT2D eigenvalue weighted by Crippen LogP contribution is 2.29. The first kappa shape index (κ1) is 23.5. The van der Waals surface area contributed by atoms with E-state index in [1.807, 2.05) is 12.1 Å². The van der Waals surface area contributed by atoms with Gasteiger partial charge in [-0.3, -0.25) is 9.79 Å². The van der Waals surface area contributed by atoms with E-state index in [0.29, 0.717) is 11.4 Å². The zero-order valence-corrected chi connectivity index (χ0v) is 17.2. The summed E-state index contributed by atoms with van der Waals surface area (Å²) in [6.45, 7) is 0.370. The van der Waals surface area contributed by atoms with Crippen LogP contribution in [0.2, 0.25) is 0 Å². The molecule has 0 aromatic heterocycles. The van der Waals surface area contributed by atoms with Crippen molar-refractivity contribution in [2.45, 2.75) is 6.18 Å². The minimum atomic E-state index is -4.43. The second-order valence-electron chi connectivity index (χ2n) is 5.42. The van der Waals surface area contributed by atoms with Gasteiger partial charge in [0.2, 0.25) is 0 Å². The molecule has 0 heterocycles. The van der Waals surface area contributed by atoms with Crippen LogP contribution < -0.4 is 21.1 Å². The Morgan fingerprint density at radius 1 is 1.14 bits per heavy atom. The number of halogens is 4. The number of nitrogens with two attached hydrogens (primary N) is 1. The summed E-state index contributed by atoms with van der Waals surface area (Å²) in [5.41, 5.74) is 5.75. The second-order valence-corrected chi connectivity index (χ2v) is 5.42. The lowest BCUT2D eigenvalue weighted by atomic mass is 10.1. The van der Waals surface area contributed by atoms with Crippen LogP contribution in [0, 0.1) is 0 Å². The predicted octanol–water partition coefficient (Wildman–Crippen LogP) is 3.49. The van der Waals surface area contributed by atoms with Gasteiger partial charge in [0.15, 0.2) is 5.96 Å². The van der Waals surface area contributed by atoms with Crippen LogP contribution in [-0.4, -0.2) is 32.1 Å². The number of carbonyl (C=O) groups excluding carboxylic acids is 1. The smallest absolute Gasteiger partial charge is 0.416 e.